The number of nitrogen functional groups attached to an aromatic ring is 1. The number of rotatable bonds is 2. The Bertz CT molecular complexity index is 921. The van der Waals surface area contributed by atoms with Gasteiger partial charge in [0, 0.05) is 5.56 Å². The van der Waals surface area contributed by atoms with Crippen molar-refractivity contribution in [2.75, 3.05) is 5.73 Å². The Kier molecular flexibility index (Phi) is 3.94. The largest absolute Gasteiger partial charge is 0.397 e. The zero-order chi connectivity index (χ0) is 16.0. The number of benzene rings is 1. The summed E-state index contributed by atoms with van der Waals surface area (Å²) in [6.07, 6.45) is 0. The summed E-state index contributed by atoms with van der Waals surface area (Å²) in [5.41, 5.74) is 13.9. The Morgan fingerprint density at radius 3 is 2.59 bits per heavy atom. The number of hydrogen-bond donors (Lipinski definition) is 2. The van der Waals surface area contributed by atoms with Crippen LogP contribution >= 0.6 is 46.8 Å². The highest BCUT2D eigenvalue weighted by molar-refractivity contribution is 7.81. The normalized spacial score (nSPS) is 11.0. The van der Waals surface area contributed by atoms with Gasteiger partial charge < -0.3 is 11.5 Å². The molecule has 2 heterocycles. The van der Waals surface area contributed by atoms with Crippen LogP contribution in [0, 0.1) is 6.92 Å². The lowest BCUT2D eigenvalue weighted by atomic mass is 10.1. The molecule has 0 fully saturated rings. The van der Waals surface area contributed by atoms with Gasteiger partial charge in [-0.15, -0.1) is 11.3 Å². The lowest BCUT2D eigenvalue weighted by Gasteiger charge is -2.06. The van der Waals surface area contributed by atoms with E-state index < -0.39 is 0 Å². The fourth-order valence-corrected chi connectivity index (χ4v) is 3.69. The topological polar surface area (TPSA) is 77.8 Å². The van der Waals surface area contributed by atoms with Crippen LogP contribution in [0.3, 0.4) is 0 Å². The Hall–Kier alpha value is -1.47. The SMILES string of the molecule is Cc1nc(-c2ccc(Cl)c(Cl)c2)c2c(N)c(C(N)=S)sc2n1. The summed E-state index contributed by atoms with van der Waals surface area (Å²) in [6, 6.07) is 5.31. The number of aryl methyl sites for hydroxylation is 1. The molecule has 22 heavy (non-hydrogen) atoms. The van der Waals surface area contributed by atoms with E-state index in [1.165, 1.54) is 11.3 Å². The third-order valence-electron chi connectivity index (χ3n) is 3.12. The maximum absolute atomic E-state index is 6.20. The summed E-state index contributed by atoms with van der Waals surface area (Å²) in [5.74, 6) is 0.629. The molecule has 0 saturated heterocycles. The van der Waals surface area contributed by atoms with Crippen molar-refractivity contribution < 1.29 is 0 Å². The van der Waals surface area contributed by atoms with Crippen LogP contribution in [0.25, 0.3) is 21.5 Å². The van der Waals surface area contributed by atoms with E-state index in [2.05, 4.69) is 9.97 Å². The fourth-order valence-electron chi connectivity index (χ4n) is 2.16. The van der Waals surface area contributed by atoms with Gasteiger partial charge in [0.15, 0.2) is 0 Å². The number of halogens is 2. The summed E-state index contributed by atoms with van der Waals surface area (Å²) in [5, 5.41) is 1.67. The third kappa shape index (κ3) is 2.52. The number of anilines is 1. The number of nitrogens with zero attached hydrogens (tertiary/aromatic N) is 2. The molecule has 3 aromatic rings. The molecule has 1 aromatic carbocycles. The van der Waals surface area contributed by atoms with Crippen molar-refractivity contribution in [3.8, 4) is 11.3 Å². The van der Waals surface area contributed by atoms with Gasteiger partial charge in [-0.3, -0.25) is 0 Å². The number of thiocarbonyl (C=S) groups is 1. The van der Waals surface area contributed by atoms with Gasteiger partial charge in [0.1, 0.15) is 15.6 Å². The van der Waals surface area contributed by atoms with E-state index in [1.807, 2.05) is 13.0 Å². The minimum Gasteiger partial charge on any atom is -0.397 e. The molecular formula is C14H10Cl2N4S2. The minimum atomic E-state index is 0.248. The highest BCUT2D eigenvalue weighted by Crippen LogP contribution is 2.39. The monoisotopic (exact) mass is 368 g/mol. The maximum Gasteiger partial charge on any atom is 0.130 e. The molecule has 112 valence electrons. The molecule has 4 N–H and O–H groups in total. The van der Waals surface area contributed by atoms with Crippen LogP contribution in [0.1, 0.15) is 10.7 Å². The van der Waals surface area contributed by atoms with Crippen molar-refractivity contribution in [2.45, 2.75) is 6.92 Å². The van der Waals surface area contributed by atoms with Gasteiger partial charge in [-0.25, -0.2) is 9.97 Å². The van der Waals surface area contributed by atoms with Gasteiger partial charge in [-0.1, -0.05) is 41.5 Å². The first-order valence-electron chi connectivity index (χ1n) is 6.20. The number of hydrogen-bond acceptors (Lipinski definition) is 5. The Balaban J connectivity index is 2.37. The molecule has 0 atom stereocenters. The molecule has 8 heteroatoms. The van der Waals surface area contributed by atoms with Crippen molar-refractivity contribution in [1.29, 1.82) is 0 Å². The summed E-state index contributed by atoms with van der Waals surface area (Å²) in [4.78, 5) is 10.6. The van der Waals surface area contributed by atoms with E-state index >= 15 is 0 Å². The molecule has 0 amide bonds. The van der Waals surface area contributed by atoms with Gasteiger partial charge in [0.05, 0.1) is 31.7 Å². The van der Waals surface area contributed by atoms with Gasteiger partial charge in [0.2, 0.25) is 0 Å². The number of nitrogens with two attached hydrogens (primary N) is 2. The van der Waals surface area contributed by atoms with E-state index in [0.29, 0.717) is 32.1 Å². The summed E-state index contributed by atoms with van der Waals surface area (Å²) in [7, 11) is 0. The minimum absolute atomic E-state index is 0.248. The van der Waals surface area contributed by atoms with E-state index in [4.69, 9.17) is 46.9 Å². The van der Waals surface area contributed by atoms with Crippen molar-refractivity contribution in [1.82, 2.24) is 9.97 Å². The summed E-state index contributed by atoms with van der Waals surface area (Å²) in [6.45, 7) is 1.82. The van der Waals surface area contributed by atoms with Gasteiger partial charge in [0.25, 0.3) is 0 Å². The van der Waals surface area contributed by atoms with Crippen molar-refractivity contribution in [3.05, 3.63) is 38.9 Å². The molecule has 4 nitrogen and oxygen atoms in total. The highest BCUT2D eigenvalue weighted by atomic mass is 35.5. The van der Waals surface area contributed by atoms with Gasteiger partial charge >= 0.3 is 0 Å². The molecule has 0 radical (unpaired) electrons. The molecular weight excluding hydrogens is 359 g/mol. The molecule has 0 spiro atoms. The zero-order valence-corrected chi connectivity index (χ0v) is 14.5. The van der Waals surface area contributed by atoms with Crippen molar-refractivity contribution >= 4 is 67.6 Å². The second-order valence-corrected chi connectivity index (χ2v) is 6.89. The smallest absolute Gasteiger partial charge is 0.130 e. The van der Waals surface area contributed by atoms with Gasteiger partial charge in [-0.05, 0) is 19.1 Å². The average molecular weight is 369 g/mol. The van der Waals surface area contributed by atoms with Gasteiger partial charge in [-0.2, -0.15) is 0 Å². The standard InChI is InChI=1S/C14H10Cl2N4S2/c1-5-19-11(6-2-3-7(15)8(16)4-6)9-10(17)12(13(18)21)22-14(9)20-5/h2-4H,17H2,1H3,(H2,18,21). The maximum atomic E-state index is 6.20. The van der Waals surface area contributed by atoms with E-state index in [9.17, 15) is 0 Å². The quantitative estimate of drug-likeness (QED) is 0.663. The molecule has 0 aliphatic carbocycles. The first-order chi connectivity index (χ1) is 10.4. The first-order valence-corrected chi connectivity index (χ1v) is 8.18. The Morgan fingerprint density at radius 2 is 1.95 bits per heavy atom. The number of aromatic nitrogens is 2. The van der Waals surface area contributed by atoms with Crippen LogP contribution in [0.4, 0.5) is 5.69 Å². The van der Waals surface area contributed by atoms with Crippen molar-refractivity contribution in [3.63, 3.8) is 0 Å². The fraction of sp³-hybridized carbons (Fsp3) is 0.0714. The van der Waals surface area contributed by atoms with E-state index in [1.54, 1.807) is 12.1 Å². The Labute approximate surface area is 146 Å². The van der Waals surface area contributed by atoms with Crippen LogP contribution in [0.5, 0.6) is 0 Å². The molecule has 0 aliphatic heterocycles. The number of fused-ring (bicyclic) bond motifs is 1. The van der Waals surface area contributed by atoms with Crippen LogP contribution < -0.4 is 11.5 Å². The first kappa shape index (κ1) is 15.4. The van der Waals surface area contributed by atoms with Crippen LogP contribution in [-0.4, -0.2) is 15.0 Å². The molecule has 0 unspecified atom stereocenters. The highest BCUT2D eigenvalue weighted by Gasteiger charge is 2.19. The Morgan fingerprint density at radius 1 is 1.23 bits per heavy atom. The molecule has 0 aliphatic rings. The lowest BCUT2D eigenvalue weighted by Crippen LogP contribution is -2.09. The van der Waals surface area contributed by atoms with E-state index in [-0.39, 0.29) is 4.99 Å². The van der Waals surface area contributed by atoms with E-state index in [0.717, 1.165) is 15.8 Å². The predicted octanol–water partition coefficient (Wildman–Crippen LogP) is 4.19. The zero-order valence-electron chi connectivity index (χ0n) is 11.4. The summed E-state index contributed by atoms with van der Waals surface area (Å²) < 4.78 is 0. The molecule has 3 rings (SSSR count). The molecule has 0 saturated carbocycles. The molecule has 0 bridgehead atoms. The molecule has 2 aromatic heterocycles. The number of thiophene rings is 1. The second-order valence-electron chi connectivity index (χ2n) is 4.64. The summed E-state index contributed by atoms with van der Waals surface area (Å²) >= 11 is 18.5. The lowest BCUT2D eigenvalue weighted by molar-refractivity contribution is 1.10. The third-order valence-corrected chi connectivity index (χ3v) is 5.32. The average Bonchev–Trinajstić information content (AvgIpc) is 2.78. The van der Waals surface area contributed by atoms with Crippen molar-refractivity contribution in [2.24, 2.45) is 5.73 Å². The van der Waals surface area contributed by atoms with Crippen LogP contribution in [-0.2, 0) is 0 Å². The van der Waals surface area contributed by atoms with Crippen LogP contribution in [0.2, 0.25) is 10.0 Å². The van der Waals surface area contributed by atoms with Crippen LogP contribution in [0.15, 0.2) is 18.2 Å². The second kappa shape index (κ2) is 5.62. The predicted molar refractivity (Wildman–Crippen MR) is 97.9 cm³/mol.